The van der Waals surface area contributed by atoms with Gasteiger partial charge in [-0.1, -0.05) is 0 Å². The molecule has 0 bridgehead atoms. The van der Waals surface area contributed by atoms with E-state index in [0.717, 1.165) is 0 Å². The molecule has 5 heteroatoms. The molecular formula is C6H7NO2S2. The molecule has 0 saturated carbocycles. The van der Waals surface area contributed by atoms with Crippen LogP contribution in [0.5, 0.6) is 0 Å². The lowest BCUT2D eigenvalue weighted by molar-refractivity contribution is -0.135. The number of thioether (sulfide) groups is 1. The number of methoxy groups -OCH3 is 1. The molecule has 0 N–H and O–H groups in total. The monoisotopic (exact) mass is 189 g/mol. The van der Waals surface area contributed by atoms with Crippen molar-refractivity contribution in [2.24, 2.45) is 0 Å². The third-order valence-corrected chi connectivity index (χ3v) is 2.27. The maximum absolute atomic E-state index is 10.8. The van der Waals surface area contributed by atoms with Gasteiger partial charge in [0, 0.05) is 0 Å². The Balaban J connectivity index is 4.69. The number of nitrogens with zero attached hydrogens (tertiary/aromatic N) is 1. The summed E-state index contributed by atoms with van der Waals surface area (Å²) in [7, 11) is 1.22. The summed E-state index contributed by atoms with van der Waals surface area (Å²) in [5, 5.41) is 8.46. The fourth-order valence-corrected chi connectivity index (χ4v) is 0.859. The first kappa shape index (κ1) is 10.4. The molecule has 11 heavy (non-hydrogen) atoms. The van der Waals surface area contributed by atoms with Crippen molar-refractivity contribution in [3.05, 3.63) is 9.81 Å². The molecule has 60 valence electrons. The highest BCUT2D eigenvalue weighted by atomic mass is 32.2. The van der Waals surface area contributed by atoms with Crippen LogP contribution in [0.1, 0.15) is 0 Å². The van der Waals surface area contributed by atoms with E-state index in [2.05, 4.69) is 17.4 Å². The number of carbonyl (C=O) groups is 1. The minimum absolute atomic E-state index is 0.0525. The maximum atomic E-state index is 10.8. The molecule has 0 heterocycles. The second-order valence-corrected chi connectivity index (χ2v) is 3.05. The van der Waals surface area contributed by atoms with E-state index in [4.69, 9.17) is 5.26 Å². The summed E-state index contributed by atoms with van der Waals surface area (Å²) in [6, 6.07) is 1.71. The molecule has 0 saturated heterocycles. The third-order valence-electron chi connectivity index (χ3n) is 0.909. The van der Waals surface area contributed by atoms with Crippen molar-refractivity contribution >= 4 is 30.4 Å². The third kappa shape index (κ3) is 2.87. The Morgan fingerprint density at radius 1 is 1.73 bits per heavy atom. The standard InChI is InChI=1S/C6H7NO2S2/c1-9-5(8)4(3-7)6(10)11-2/h10H,1-2H3. The summed E-state index contributed by atoms with van der Waals surface area (Å²) in [6.45, 7) is 0. The van der Waals surface area contributed by atoms with Crippen LogP contribution in [-0.4, -0.2) is 19.3 Å². The van der Waals surface area contributed by atoms with Gasteiger partial charge in [-0.25, -0.2) is 4.79 Å². The number of thiol groups is 1. The summed E-state index contributed by atoms with van der Waals surface area (Å²) in [5.41, 5.74) is -0.0525. The number of esters is 1. The predicted molar refractivity (Wildman–Crippen MR) is 47.2 cm³/mol. The molecule has 0 aliphatic rings. The van der Waals surface area contributed by atoms with Gasteiger partial charge < -0.3 is 4.74 Å². The van der Waals surface area contributed by atoms with Crippen molar-refractivity contribution in [3.63, 3.8) is 0 Å². The molecule has 0 aromatic heterocycles. The van der Waals surface area contributed by atoms with E-state index in [1.165, 1.54) is 18.9 Å². The molecule has 0 aromatic rings. The van der Waals surface area contributed by atoms with Crippen molar-refractivity contribution in [3.8, 4) is 6.07 Å². The molecule has 0 fully saturated rings. The molecule has 0 amide bonds. The number of hydrogen-bond donors (Lipinski definition) is 1. The van der Waals surface area contributed by atoms with Crippen molar-refractivity contribution < 1.29 is 9.53 Å². The van der Waals surface area contributed by atoms with Gasteiger partial charge in [0.25, 0.3) is 0 Å². The van der Waals surface area contributed by atoms with Gasteiger partial charge in [0.2, 0.25) is 0 Å². The maximum Gasteiger partial charge on any atom is 0.350 e. The average molecular weight is 189 g/mol. The molecule has 0 unspecified atom stereocenters. The van der Waals surface area contributed by atoms with Crippen LogP contribution in [0, 0.1) is 11.3 Å². The fourth-order valence-electron chi connectivity index (χ4n) is 0.385. The van der Waals surface area contributed by atoms with Crippen LogP contribution >= 0.6 is 24.4 Å². The van der Waals surface area contributed by atoms with Gasteiger partial charge in [-0.2, -0.15) is 5.26 Å². The zero-order valence-corrected chi connectivity index (χ0v) is 7.83. The first-order valence-electron chi connectivity index (χ1n) is 2.63. The summed E-state index contributed by atoms with van der Waals surface area (Å²) in [5.74, 6) is -0.646. The average Bonchev–Trinajstić information content (AvgIpc) is 2.05. The Hall–Kier alpha value is -0.600. The van der Waals surface area contributed by atoms with Crippen LogP contribution in [0.2, 0.25) is 0 Å². The van der Waals surface area contributed by atoms with Gasteiger partial charge in [-0.3, -0.25) is 0 Å². The molecule has 0 radical (unpaired) electrons. The first-order valence-corrected chi connectivity index (χ1v) is 4.30. The Morgan fingerprint density at radius 2 is 2.27 bits per heavy atom. The van der Waals surface area contributed by atoms with Crippen molar-refractivity contribution in [2.75, 3.05) is 13.4 Å². The first-order chi connectivity index (χ1) is 5.17. The van der Waals surface area contributed by atoms with Gasteiger partial charge in [0.15, 0.2) is 5.57 Å². The van der Waals surface area contributed by atoms with E-state index < -0.39 is 5.97 Å². The summed E-state index contributed by atoms with van der Waals surface area (Å²) in [6.07, 6.45) is 1.72. The molecule has 0 aliphatic heterocycles. The summed E-state index contributed by atoms with van der Waals surface area (Å²) >= 11 is 5.14. The normalized spacial score (nSPS) is 11.5. The van der Waals surface area contributed by atoms with Crippen LogP contribution in [0.4, 0.5) is 0 Å². The van der Waals surface area contributed by atoms with E-state index in [-0.39, 0.29) is 5.57 Å². The van der Waals surface area contributed by atoms with Crippen LogP contribution in [-0.2, 0) is 9.53 Å². The lowest BCUT2D eigenvalue weighted by Gasteiger charge is -1.98. The number of carbonyl (C=O) groups excluding carboxylic acids is 1. The Kier molecular flexibility index (Phi) is 4.83. The van der Waals surface area contributed by atoms with E-state index in [1.54, 1.807) is 12.3 Å². The second-order valence-electron chi connectivity index (χ2n) is 1.49. The van der Waals surface area contributed by atoms with Crippen molar-refractivity contribution in [1.29, 1.82) is 5.26 Å². The summed E-state index contributed by atoms with van der Waals surface area (Å²) < 4.78 is 4.72. The minimum atomic E-state index is -0.646. The predicted octanol–water partition coefficient (Wildman–Crippen LogP) is 1.19. The highest BCUT2D eigenvalue weighted by Crippen LogP contribution is 2.20. The van der Waals surface area contributed by atoms with E-state index in [1.807, 2.05) is 0 Å². The lowest BCUT2D eigenvalue weighted by atomic mass is 10.3. The smallest absolute Gasteiger partial charge is 0.350 e. The zero-order chi connectivity index (χ0) is 8.85. The topological polar surface area (TPSA) is 50.1 Å². The second kappa shape index (κ2) is 5.10. The van der Waals surface area contributed by atoms with Gasteiger partial charge in [0.1, 0.15) is 6.07 Å². The van der Waals surface area contributed by atoms with Gasteiger partial charge in [-0.15, -0.1) is 24.4 Å². The van der Waals surface area contributed by atoms with Crippen LogP contribution in [0.3, 0.4) is 0 Å². The Bertz CT molecular complexity index is 229. The number of hydrogen-bond acceptors (Lipinski definition) is 5. The SMILES string of the molecule is COC(=O)C(C#N)=C(S)SC. The molecule has 0 spiro atoms. The molecule has 3 nitrogen and oxygen atoms in total. The lowest BCUT2D eigenvalue weighted by Crippen LogP contribution is -2.03. The quantitative estimate of drug-likeness (QED) is 0.307. The van der Waals surface area contributed by atoms with Crippen LogP contribution in [0.25, 0.3) is 0 Å². The highest BCUT2D eigenvalue weighted by Gasteiger charge is 2.12. The zero-order valence-electron chi connectivity index (χ0n) is 6.12. The van der Waals surface area contributed by atoms with Gasteiger partial charge in [-0.05, 0) is 6.26 Å². The summed E-state index contributed by atoms with van der Waals surface area (Å²) in [4.78, 5) is 10.8. The molecule has 0 atom stereocenters. The number of rotatable bonds is 2. The molecule has 0 aromatic carbocycles. The van der Waals surface area contributed by atoms with E-state index in [0.29, 0.717) is 4.24 Å². The number of nitriles is 1. The largest absolute Gasteiger partial charge is 0.465 e. The Morgan fingerprint density at radius 3 is 2.55 bits per heavy atom. The Labute approximate surface area is 74.8 Å². The minimum Gasteiger partial charge on any atom is -0.465 e. The van der Waals surface area contributed by atoms with E-state index in [9.17, 15) is 4.79 Å². The number of ether oxygens (including phenoxy) is 1. The molecular weight excluding hydrogens is 182 g/mol. The molecule has 0 aliphatic carbocycles. The van der Waals surface area contributed by atoms with Gasteiger partial charge in [0.05, 0.1) is 11.3 Å². The fraction of sp³-hybridized carbons (Fsp3) is 0.333. The highest BCUT2D eigenvalue weighted by molar-refractivity contribution is 8.15. The van der Waals surface area contributed by atoms with Crippen molar-refractivity contribution in [1.82, 2.24) is 0 Å². The van der Waals surface area contributed by atoms with Crippen LogP contribution in [0.15, 0.2) is 9.81 Å². The van der Waals surface area contributed by atoms with Crippen LogP contribution < -0.4 is 0 Å². The van der Waals surface area contributed by atoms with Gasteiger partial charge >= 0.3 is 5.97 Å². The van der Waals surface area contributed by atoms with Crippen molar-refractivity contribution in [2.45, 2.75) is 0 Å². The molecule has 0 rings (SSSR count). The van der Waals surface area contributed by atoms with E-state index >= 15 is 0 Å².